The average molecular weight is 355 g/mol. The number of carbonyl (C=O) groups excluding carboxylic acids is 1. The van der Waals surface area contributed by atoms with Crippen LogP contribution in [0.2, 0.25) is 0 Å². The topological polar surface area (TPSA) is 50.8 Å². The lowest BCUT2D eigenvalue weighted by Crippen LogP contribution is -2.47. The summed E-state index contributed by atoms with van der Waals surface area (Å²) in [6.45, 7) is 3.91. The standard InChI is InChI=1S/C18H26N2O3.ClH/c1-22-14-3-4-15(16(13-14)23-2)17(21)20-11-7-18(8-12-20)5-9-19-10-6-18;/h3-4,13,19H,5-12H2,1-2H3;1H. The van der Waals surface area contributed by atoms with Gasteiger partial charge in [-0.3, -0.25) is 4.79 Å². The summed E-state index contributed by atoms with van der Waals surface area (Å²) in [6.07, 6.45) is 4.69. The summed E-state index contributed by atoms with van der Waals surface area (Å²) in [5, 5.41) is 3.43. The Bertz CT molecular complexity index is 563. The minimum absolute atomic E-state index is 0. The highest BCUT2D eigenvalue weighted by Gasteiger charge is 2.37. The van der Waals surface area contributed by atoms with Gasteiger partial charge in [0.15, 0.2) is 0 Å². The average Bonchev–Trinajstić information content (AvgIpc) is 2.62. The molecule has 3 rings (SSSR count). The first-order chi connectivity index (χ1) is 11.2. The maximum absolute atomic E-state index is 12.8. The number of carbonyl (C=O) groups is 1. The van der Waals surface area contributed by atoms with E-state index in [9.17, 15) is 4.79 Å². The van der Waals surface area contributed by atoms with Crippen molar-refractivity contribution in [3.8, 4) is 11.5 Å². The molecular weight excluding hydrogens is 328 g/mol. The quantitative estimate of drug-likeness (QED) is 0.906. The van der Waals surface area contributed by atoms with Crippen molar-refractivity contribution in [2.75, 3.05) is 40.4 Å². The third-order valence-electron chi connectivity index (χ3n) is 5.41. The van der Waals surface area contributed by atoms with E-state index in [1.807, 2.05) is 11.0 Å². The highest BCUT2D eigenvalue weighted by molar-refractivity contribution is 5.97. The lowest BCUT2D eigenvalue weighted by atomic mass is 9.71. The lowest BCUT2D eigenvalue weighted by molar-refractivity contribution is 0.0493. The van der Waals surface area contributed by atoms with E-state index in [1.54, 1.807) is 26.4 Å². The number of methoxy groups -OCH3 is 2. The Labute approximate surface area is 150 Å². The van der Waals surface area contributed by atoms with Crippen molar-refractivity contribution in [3.63, 3.8) is 0 Å². The van der Waals surface area contributed by atoms with E-state index in [4.69, 9.17) is 9.47 Å². The molecular formula is C18H27ClN2O3. The van der Waals surface area contributed by atoms with Crippen LogP contribution < -0.4 is 14.8 Å². The van der Waals surface area contributed by atoms with Gasteiger partial charge in [0.1, 0.15) is 11.5 Å². The summed E-state index contributed by atoms with van der Waals surface area (Å²) in [4.78, 5) is 14.8. The maximum Gasteiger partial charge on any atom is 0.257 e. The molecule has 0 aromatic heterocycles. The van der Waals surface area contributed by atoms with E-state index < -0.39 is 0 Å². The van der Waals surface area contributed by atoms with Crippen LogP contribution >= 0.6 is 12.4 Å². The molecule has 0 atom stereocenters. The fourth-order valence-electron chi connectivity index (χ4n) is 3.79. The van der Waals surface area contributed by atoms with Crippen LogP contribution in [0.3, 0.4) is 0 Å². The number of hydrogen-bond donors (Lipinski definition) is 1. The van der Waals surface area contributed by atoms with Crippen molar-refractivity contribution in [2.45, 2.75) is 25.7 Å². The molecule has 2 heterocycles. The molecule has 0 saturated carbocycles. The van der Waals surface area contributed by atoms with Crippen LogP contribution in [0.4, 0.5) is 0 Å². The summed E-state index contributed by atoms with van der Waals surface area (Å²) >= 11 is 0. The molecule has 1 aromatic rings. The number of hydrogen-bond acceptors (Lipinski definition) is 4. The molecule has 2 aliphatic heterocycles. The molecule has 2 aliphatic rings. The largest absolute Gasteiger partial charge is 0.497 e. The number of amides is 1. The van der Waals surface area contributed by atoms with Crippen molar-refractivity contribution in [2.24, 2.45) is 5.41 Å². The van der Waals surface area contributed by atoms with Gasteiger partial charge in [-0.05, 0) is 56.3 Å². The molecule has 5 nitrogen and oxygen atoms in total. The summed E-state index contributed by atoms with van der Waals surface area (Å²) in [5.74, 6) is 1.34. The van der Waals surface area contributed by atoms with Crippen molar-refractivity contribution in [1.29, 1.82) is 0 Å². The number of halogens is 1. The molecule has 1 amide bonds. The summed E-state index contributed by atoms with van der Waals surface area (Å²) in [6, 6.07) is 5.38. The molecule has 6 heteroatoms. The Balaban J connectivity index is 0.00000208. The second-order valence-corrected chi connectivity index (χ2v) is 6.61. The van der Waals surface area contributed by atoms with Crippen LogP contribution in [0.1, 0.15) is 36.0 Å². The first-order valence-corrected chi connectivity index (χ1v) is 8.39. The number of rotatable bonds is 3. The maximum atomic E-state index is 12.8. The van der Waals surface area contributed by atoms with Crippen LogP contribution in [0.15, 0.2) is 18.2 Å². The highest BCUT2D eigenvalue weighted by Crippen LogP contribution is 2.40. The zero-order valence-corrected chi connectivity index (χ0v) is 15.3. The Morgan fingerprint density at radius 1 is 1.08 bits per heavy atom. The van der Waals surface area contributed by atoms with Gasteiger partial charge in [-0.15, -0.1) is 12.4 Å². The summed E-state index contributed by atoms with van der Waals surface area (Å²) in [5.41, 5.74) is 1.07. The smallest absolute Gasteiger partial charge is 0.257 e. The van der Waals surface area contributed by atoms with E-state index in [1.165, 1.54) is 12.8 Å². The molecule has 0 unspecified atom stereocenters. The van der Waals surface area contributed by atoms with Gasteiger partial charge in [0.2, 0.25) is 0 Å². The Hall–Kier alpha value is -1.46. The lowest BCUT2D eigenvalue weighted by Gasteiger charge is -2.44. The van der Waals surface area contributed by atoms with Crippen LogP contribution in [0.5, 0.6) is 11.5 Å². The van der Waals surface area contributed by atoms with Gasteiger partial charge in [-0.25, -0.2) is 0 Å². The van der Waals surface area contributed by atoms with Gasteiger partial charge >= 0.3 is 0 Å². The van der Waals surface area contributed by atoms with E-state index in [2.05, 4.69) is 5.32 Å². The van der Waals surface area contributed by atoms with Gasteiger partial charge in [0.05, 0.1) is 19.8 Å². The molecule has 1 N–H and O–H groups in total. The van der Waals surface area contributed by atoms with E-state index in [-0.39, 0.29) is 18.3 Å². The monoisotopic (exact) mass is 354 g/mol. The van der Waals surface area contributed by atoms with E-state index in [0.29, 0.717) is 22.5 Å². The fraction of sp³-hybridized carbons (Fsp3) is 0.611. The molecule has 0 aliphatic carbocycles. The zero-order valence-electron chi connectivity index (χ0n) is 14.5. The Morgan fingerprint density at radius 2 is 1.75 bits per heavy atom. The third-order valence-corrected chi connectivity index (χ3v) is 5.41. The highest BCUT2D eigenvalue weighted by atomic mass is 35.5. The third kappa shape index (κ3) is 3.78. The molecule has 0 bridgehead atoms. The molecule has 134 valence electrons. The predicted octanol–water partition coefficient (Wildman–Crippen LogP) is 2.73. The zero-order chi connectivity index (χ0) is 16.3. The SMILES string of the molecule is COc1ccc(C(=O)N2CCC3(CCNCC3)CC2)c(OC)c1.Cl. The van der Waals surface area contributed by atoms with Crippen molar-refractivity contribution < 1.29 is 14.3 Å². The fourth-order valence-corrected chi connectivity index (χ4v) is 3.79. The number of piperidine rings is 2. The molecule has 1 spiro atoms. The number of likely N-dealkylation sites (tertiary alicyclic amines) is 1. The van der Waals surface area contributed by atoms with Gasteiger partial charge in [-0.2, -0.15) is 0 Å². The number of benzene rings is 1. The molecule has 1 aromatic carbocycles. The van der Waals surface area contributed by atoms with Crippen LogP contribution in [0.25, 0.3) is 0 Å². The van der Waals surface area contributed by atoms with Crippen LogP contribution in [-0.4, -0.2) is 51.2 Å². The van der Waals surface area contributed by atoms with Crippen molar-refractivity contribution in [3.05, 3.63) is 23.8 Å². The second-order valence-electron chi connectivity index (χ2n) is 6.61. The summed E-state index contributed by atoms with van der Waals surface area (Å²) < 4.78 is 10.6. The number of ether oxygens (including phenoxy) is 2. The molecule has 2 fully saturated rings. The number of nitrogens with zero attached hydrogens (tertiary/aromatic N) is 1. The first-order valence-electron chi connectivity index (χ1n) is 8.39. The van der Waals surface area contributed by atoms with Crippen molar-refractivity contribution in [1.82, 2.24) is 10.2 Å². The minimum atomic E-state index is 0. The normalized spacial score (nSPS) is 19.5. The van der Waals surface area contributed by atoms with Crippen LogP contribution in [-0.2, 0) is 0 Å². The first kappa shape index (κ1) is 18.9. The van der Waals surface area contributed by atoms with Gasteiger partial charge in [0, 0.05) is 19.2 Å². The van der Waals surface area contributed by atoms with Gasteiger partial charge in [0.25, 0.3) is 5.91 Å². The number of nitrogens with one attached hydrogen (secondary N) is 1. The van der Waals surface area contributed by atoms with E-state index >= 15 is 0 Å². The van der Waals surface area contributed by atoms with Crippen molar-refractivity contribution >= 4 is 18.3 Å². The molecule has 0 radical (unpaired) electrons. The summed E-state index contributed by atoms with van der Waals surface area (Å²) in [7, 11) is 3.20. The minimum Gasteiger partial charge on any atom is -0.497 e. The Kier molecular flexibility index (Phi) is 6.35. The van der Waals surface area contributed by atoms with Crippen LogP contribution in [0, 0.1) is 5.41 Å². The van der Waals surface area contributed by atoms with E-state index in [0.717, 1.165) is 39.0 Å². The van der Waals surface area contributed by atoms with Gasteiger partial charge in [-0.1, -0.05) is 0 Å². The second kappa shape index (κ2) is 8.08. The van der Waals surface area contributed by atoms with Gasteiger partial charge < -0.3 is 19.7 Å². The predicted molar refractivity (Wildman–Crippen MR) is 96.5 cm³/mol. The Morgan fingerprint density at radius 3 is 2.33 bits per heavy atom. The molecule has 2 saturated heterocycles. The molecule has 24 heavy (non-hydrogen) atoms.